The number of carbonyl (C=O) groups excluding carboxylic acids is 1. The molecular weight excluding hydrogens is 326 g/mol. The topological polar surface area (TPSA) is 54.0 Å². The number of halogens is 1. The summed E-state index contributed by atoms with van der Waals surface area (Å²) in [5, 5.41) is 6.69. The van der Waals surface area contributed by atoms with Gasteiger partial charge in [-0.05, 0) is 17.7 Å². The molecule has 2 aromatic rings. The molecule has 0 aliphatic carbocycles. The number of nitrogens with one attached hydrogen (secondary N) is 2. The first-order chi connectivity index (χ1) is 9.17. The molecule has 0 radical (unpaired) electrons. The van der Waals surface area contributed by atoms with Gasteiger partial charge in [-0.2, -0.15) is 0 Å². The monoisotopic (exact) mass is 337 g/mol. The lowest BCUT2D eigenvalue weighted by Gasteiger charge is -2.21. The molecule has 1 aliphatic rings. The highest BCUT2D eigenvalue weighted by Gasteiger charge is 2.30. The van der Waals surface area contributed by atoms with Crippen molar-refractivity contribution in [1.82, 2.24) is 4.98 Å². The van der Waals surface area contributed by atoms with Crippen LogP contribution in [0, 0.1) is 0 Å². The number of carbonyl (C=O) groups is 1. The summed E-state index contributed by atoms with van der Waals surface area (Å²) < 4.78 is 1.02. The van der Waals surface area contributed by atoms with Gasteiger partial charge in [0.25, 0.3) is 0 Å². The van der Waals surface area contributed by atoms with E-state index in [-0.39, 0.29) is 11.8 Å². The molecule has 6 heteroatoms. The smallest absolute Gasteiger partial charge is 0.226 e. The average Bonchev–Trinajstić information content (AvgIpc) is 2.80. The number of benzene rings is 1. The molecule has 0 fully saturated rings. The largest absolute Gasteiger partial charge is 0.365 e. The fraction of sp³-hybridized carbons (Fsp3) is 0.231. The van der Waals surface area contributed by atoms with Gasteiger partial charge in [-0.25, -0.2) is 4.98 Å². The third-order valence-corrected chi connectivity index (χ3v) is 4.76. The van der Waals surface area contributed by atoms with Crippen molar-refractivity contribution in [2.24, 2.45) is 0 Å². The van der Waals surface area contributed by atoms with Gasteiger partial charge in [-0.3, -0.25) is 4.79 Å². The lowest BCUT2D eigenvalue weighted by atomic mass is 9.92. The predicted octanol–water partition coefficient (Wildman–Crippen LogP) is 3.42. The second-order valence-corrected chi connectivity index (χ2v) is 6.29. The van der Waals surface area contributed by atoms with Crippen molar-refractivity contribution in [2.45, 2.75) is 12.3 Å². The molecule has 1 aromatic heterocycles. The van der Waals surface area contributed by atoms with Gasteiger partial charge >= 0.3 is 0 Å². The zero-order valence-corrected chi connectivity index (χ0v) is 12.6. The van der Waals surface area contributed by atoms with Crippen LogP contribution in [0.15, 0.2) is 28.7 Å². The van der Waals surface area contributed by atoms with Gasteiger partial charge < -0.3 is 10.6 Å². The van der Waals surface area contributed by atoms with Crippen LogP contribution >= 0.6 is 27.3 Å². The molecule has 1 amide bonds. The van der Waals surface area contributed by atoms with Crippen molar-refractivity contribution >= 4 is 44.1 Å². The highest BCUT2D eigenvalue weighted by Crippen LogP contribution is 2.42. The Morgan fingerprint density at radius 3 is 3.11 bits per heavy atom. The number of amides is 1. The maximum atomic E-state index is 11.8. The lowest BCUT2D eigenvalue weighted by molar-refractivity contribution is -0.116. The van der Waals surface area contributed by atoms with Crippen LogP contribution < -0.4 is 10.6 Å². The van der Waals surface area contributed by atoms with Crippen LogP contribution in [0.1, 0.15) is 22.8 Å². The van der Waals surface area contributed by atoms with E-state index in [9.17, 15) is 4.79 Å². The van der Waals surface area contributed by atoms with Crippen molar-refractivity contribution < 1.29 is 4.79 Å². The first kappa shape index (κ1) is 12.6. The molecule has 19 heavy (non-hydrogen) atoms. The number of aromatic nitrogens is 1. The molecule has 2 N–H and O–H groups in total. The average molecular weight is 338 g/mol. The number of anilines is 2. The molecule has 0 bridgehead atoms. The standard InChI is InChI=1S/C13H12BrN3OS/c1-15-13-17-12-11(19-13)9(6-10(18)16-12)7-3-2-4-8(14)5-7/h2-5,9H,6H2,1H3,(H,15,17)(H,16,18). The minimum absolute atomic E-state index is 0.0189. The van der Waals surface area contributed by atoms with Crippen molar-refractivity contribution in [2.75, 3.05) is 17.7 Å². The van der Waals surface area contributed by atoms with Gasteiger partial charge in [-0.1, -0.05) is 39.4 Å². The summed E-state index contributed by atoms with van der Waals surface area (Å²) in [5.74, 6) is 0.793. The van der Waals surface area contributed by atoms with E-state index < -0.39 is 0 Å². The summed E-state index contributed by atoms with van der Waals surface area (Å²) in [6.45, 7) is 0. The Morgan fingerprint density at radius 2 is 2.37 bits per heavy atom. The van der Waals surface area contributed by atoms with Crippen LogP contribution in [0.4, 0.5) is 10.9 Å². The third-order valence-electron chi connectivity index (χ3n) is 3.08. The van der Waals surface area contributed by atoms with Gasteiger partial charge in [0, 0.05) is 23.9 Å². The summed E-state index contributed by atoms with van der Waals surface area (Å²) in [7, 11) is 1.83. The predicted molar refractivity (Wildman–Crippen MR) is 80.9 cm³/mol. The van der Waals surface area contributed by atoms with Gasteiger partial charge in [0.15, 0.2) is 5.13 Å². The maximum Gasteiger partial charge on any atom is 0.226 e. The number of hydrogen-bond acceptors (Lipinski definition) is 4. The Balaban J connectivity index is 2.07. The van der Waals surface area contributed by atoms with Crippen LogP contribution in [0.5, 0.6) is 0 Å². The van der Waals surface area contributed by atoms with E-state index in [1.807, 2.05) is 19.2 Å². The Morgan fingerprint density at radius 1 is 1.53 bits per heavy atom. The molecular formula is C13H12BrN3OS. The van der Waals surface area contributed by atoms with E-state index in [1.54, 1.807) is 11.3 Å². The Labute approximate surface area is 123 Å². The zero-order chi connectivity index (χ0) is 13.4. The summed E-state index contributed by atoms with van der Waals surface area (Å²) in [5.41, 5.74) is 1.14. The molecule has 1 atom stereocenters. The molecule has 0 saturated heterocycles. The molecule has 2 heterocycles. The molecule has 98 valence electrons. The van der Waals surface area contributed by atoms with E-state index in [0.717, 1.165) is 20.0 Å². The molecule has 4 nitrogen and oxygen atoms in total. The second kappa shape index (κ2) is 4.94. The quantitative estimate of drug-likeness (QED) is 0.882. The van der Waals surface area contributed by atoms with E-state index in [1.165, 1.54) is 0 Å². The number of hydrogen-bond donors (Lipinski definition) is 2. The Bertz CT molecular complexity index is 641. The lowest BCUT2D eigenvalue weighted by Crippen LogP contribution is -2.22. The van der Waals surface area contributed by atoms with Gasteiger partial charge in [0.1, 0.15) is 5.82 Å². The van der Waals surface area contributed by atoms with E-state index in [2.05, 4.69) is 43.7 Å². The van der Waals surface area contributed by atoms with Crippen molar-refractivity contribution in [3.8, 4) is 0 Å². The van der Waals surface area contributed by atoms with Gasteiger partial charge in [0.2, 0.25) is 5.91 Å². The highest BCUT2D eigenvalue weighted by molar-refractivity contribution is 9.10. The second-order valence-electron chi connectivity index (χ2n) is 4.34. The maximum absolute atomic E-state index is 11.8. The molecule has 3 rings (SSSR count). The van der Waals surface area contributed by atoms with Crippen molar-refractivity contribution in [3.05, 3.63) is 39.2 Å². The molecule has 1 unspecified atom stereocenters. The summed E-state index contributed by atoms with van der Waals surface area (Å²) in [4.78, 5) is 17.3. The van der Waals surface area contributed by atoms with Crippen molar-refractivity contribution in [3.63, 3.8) is 0 Å². The Kier molecular flexibility index (Phi) is 3.28. The van der Waals surface area contributed by atoms with Crippen LogP contribution in [-0.4, -0.2) is 17.9 Å². The molecule has 1 aromatic carbocycles. The molecule has 0 spiro atoms. The minimum atomic E-state index is 0.0189. The van der Waals surface area contributed by atoms with Crippen LogP contribution in [0.2, 0.25) is 0 Å². The number of fused-ring (bicyclic) bond motifs is 1. The number of thiazole rings is 1. The minimum Gasteiger partial charge on any atom is -0.365 e. The SMILES string of the molecule is CNc1nc2c(s1)C(c1cccc(Br)c1)CC(=O)N2. The molecule has 0 saturated carbocycles. The normalized spacial score (nSPS) is 17.8. The van der Waals surface area contributed by atoms with E-state index in [4.69, 9.17) is 0 Å². The van der Waals surface area contributed by atoms with Crippen molar-refractivity contribution in [1.29, 1.82) is 0 Å². The Hall–Kier alpha value is -1.40. The van der Waals surface area contributed by atoms with Crippen LogP contribution in [0.25, 0.3) is 0 Å². The number of rotatable bonds is 2. The fourth-order valence-electron chi connectivity index (χ4n) is 2.22. The first-order valence-electron chi connectivity index (χ1n) is 5.91. The number of nitrogens with zero attached hydrogens (tertiary/aromatic N) is 1. The molecule has 1 aliphatic heterocycles. The first-order valence-corrected chi connectivity index (χ1v) is 7.52. The third kappa shape index (κ3) is 2.37. The van der Waals surface area contributed by atoms with Crippen LogP contribution in [0.3, 0.4) is 0 Å². The summed E-state index contributed by atoms with van der Waals surface area (Å²) >= 11 is 5.07. The highest BCUT2D eigenvalue weighted by atomic mass is 79.9. The van der Waals surface area contributed by atoms with E-state index in [0.29, 0.717) is 12.2 Å². The van der Waals surface area contributed by atoms with Gasteiger partial charge in [-0.15, -0.1) is 0 Å². The summed E-state index contributed by atoms with van der Waals surface area (Å²) in [6, 6.07) is 8.09. The summed E-state index contributed by atoms with van der Waals surface area (Å²) in [6.07, 6.45) is 0.467. The van der Waals surface area contributed by atoms with Crippen LogP contribution in [-0.2, 0) is 4.79 Å². The fourth-order valence-corrected chi connectivity index (χ4v) is 3.64. The van der Waals surface area contributed by atoms with Gasteiger partial charge in [0.05, 0.1) is 4.88 Å². The van der Waals surface area contributed by atoms with E-state index >= 15 is 0 Å². The zero-order valence-electron chi connectivity index (χ0n) is 10.2.